The van der Waals surface area contributed by atoms with Crippen LogP contribution in [0.1, 0.15) is 97.2 Å². The Labute approximate surface area is 237 Å². The molecule has 3 fully saturated rings. The predicted octanol–water partition coefficient (Wildman–Crippen LogP) is 1.71. The molecule has 2 saturated carbocycles. The first-order chi connectivity index (χ1) is 21.6. The van der Waals surface area contributed by atoms with Gasteiger partial charge in [-0.05, 0) is 55.8 Å². The summed E-state index contributed by atoms with van der Waals surface area (Å²) in [5.41, 5.74) is 0.972. The minimum absolute atomic E-state index is 0.546. The normalized spacial score (nSPS) is 35.8. The molecule has 5 N–H and O–H groups in total. The first-order valence-electron chi connectivity index (χ1n) is 18.1. The Kier molecular flexibility index (Phi) is 4.38. The molecule has 37 heavy (non-hydrogen) atoms. The summed E-state index contributed by atoms with van der Waals surface area (Å²) >= 11 is 0. The number of primary amides is 1. The van der Waals surface area contributed by atoms with Crippen LogP contribution < -0.4 is 21.7 Å². The van der Waals surface area contributed by atoms with Gasteiger partial charge in [-0.15, -0.1) is 0 Å². The lowest BCUT2D eigenvalue weighted by atomic mass is 9.80. The van der Waals surface area contributed by atoms with E-state index in [0.29, 0.717) is 0 Å². The molecule has 0 spiro atoms. The number of piperidine rings is 1. The van der Waals surface area contributed by atoms with Crippen molar-refractivity contribution in [1.82, 2.24) is 20.9 Å². The Morgan fingerprint density at radius 1 is 1.08 bits per heavy atom. The monoisotopic (exact) mass is 531 g/mol. The third-order valence-electron chi connectivity index (χ3n) is 6.77. The molecule has 0 aromatic carbocycles. The van der Waals surface area contributed by atoms with Gasteiger partial charge < -0.3 is 26.6 Å². The minimum atomic E-state index is -3.17. The Hall–Kier alpha value is -2.65. The quantitative estimate of drug-likeness (QED) is 0.352. The number of rotatable bonds is 8. The first kappa shape index (κ1) is 16.3. The smallest absolute Gasteiger partial charge is 0.315 e. The highest BCUT2D eigenvalue weighted by molar-refractivity contribution is 6.37. The van der Waals surface area contributed by atoms with Crippen LogP contribution in [0.3, 0.4) is 0 Å². The van der Waals surface area contributed by atoms with Gasteiger partial charge in [-0.25, -0.2) is 4.79 Å². The summed E-state index contributed by atoms with van der Waals surface area (Å²) in [6.07, 6.45) is -9.71. The molecule has 1 aliphatic heterocycles. The van der Waals surface area contributed by atoms with Gasteiger partial charge in [0.15, 0.2) is 0 Å². The average molecular weight is 532 g/mol. The van der Waals surface area contributed by atoms with E-state index in [2.05, 4.69) is 16.0 Å². The number of nitrogens with one attached hydrogen (secondary N) is 3. The summed E-state index contributed by atoms with van der Waals surface area (Å²) in [7, 11) is 0. The maximum absolute atomic E-state index is 14.2. The van der Waals surface area contributed by atoms with Crippen molar-refractivity contribution >= 4 is 29.5 Å². The molecule has 0 radical (unpaired) electrons. The van der Waals surface area contributed by atoms with Gasteiger partial charge in [0, 0.05) is 28.5 Å². The number of carbonyl (C=O) groups excluding carboxylic acids is 5. The van der Waals surface area contributed by atoms with Crippen LogP contribution in [0.25, 0.3) is 0 Å². The fourth-order valence-electron chi connectivity index (χ4n) is 4.78. The number of nitrogens with zero attached hydrogens (tertiary/aromatic N) is 1. The number of nitrogens with two attached hydrogens (primary N) is 1. The van der Waals surface area contributed by atoms with Crippen LogP contribution in [0.15, 0.2) is 0 Å². The Morgan fingerprint density at radius 3 is 2.22 bits per heavy atom. The van der Waals surface area contributed by atoms with E-state index in [1.54, 1.807) is 41.5 Å². The van der Waals surface area contributed by atoms with Crippen LogP contribution >= 0.6 is 0 Å². The van der Waals surface area contributed by atoms with Gasteiger partial charge in [0.05, 0.1) is 6.04 Å². The zero-order valence-corrected chi connectivity index (χ0v) is 21.9. The summed E-state index contributed by atoms with van der Waals surface area (Å²) in [6.45, 7) is 3.01. The highest BCUT2D eigenvalue weighted by atomic mass is 16.2. The molecule has 2 aliphatic carbocycles. The summed E-state index contributed by atoms with van der Waals surface area (Å²) < 4.78 is 97.1. The predicted molar refractivity (Wildman–Crippen MR) is 139 cm³/mol. The van der Waals surface area contributed by atoms with Crippen molar-refractivity contribution in [2.45, 2.75) is 104 Å². The van der Waals surface area contributed by atoms with E-state index in [-0.39, 0.29) is 0 Å². The second-order valence-corrected chi connectivity index (χ2v) is 12.1. The lowest BCUT2D eigenvalue weighted by molar-refractivity contribution is -0.145. The zero-order chi connectivity index (χ0) is 38.5. The molecule has 5 amide bonds. The van der Waals surface area contributed by atoms with Crippen LogP contribution in [0.5, 0.6) is 0 Å². The molecule has 1 heterocycles. The summed E-state index contributed by atoms with van der Waals surface area (Å²) in [4.78, 5) is 67.1. The Balaban J connectivity index is 2.09. The van der Waals surface area contributed by atoms with Gasteiger partial charge in [0.25, 0.3) is 5.91 Å². The van der Waals surface area contributed by atoms with Crippen molar-refractivity contribution in [3.8, 4) is 0 Å². The molecule has 1 saturated heterocycles. The molecule has 10 nitrogen and oxygen atoms in total. The molecule has 1 unspecified atom stereocenters. The van der Waals surface area contributed by atoms with Crippen molar-refractivity contribution in [2.24, 2.45) is 34.3 Å². The lowest BCUT2D eigenvalue weighted by Crippen LogP contribution is -2.62. The van der Waals surface area contributed by atoms with E-state index in [9.17, 15) is 24.0 Å². The molecule has 10 heteroatoms. The number of ketones is 1. The molecule has 5 atom stereocenters. The number of hydrogen-bond donors (Lipinski definition) is 4. The van der Waals surface area contributed by atoms with Gasteiger partial charge in [0.1, 0.15) is 12.1 Å². The third-order valence-corrected chi connectivity index (χ3v) is 6.77. The van der Waals surface area contributed by atoms with E-state index in [1.807, 2.05) is 0 Å². The Bertz CT molecular complexity index is 1370. The number of hydrogen-bond acceptors (Lipinski definition) is 5. The summed E-state index contributed by atoms with van der Waals surface area (Å²) in [6, 6.07) is -6.05. The average Bonchev–Trinajstić information content (AvgIpc) is 3.41. The maximum atomic E-state index is 14.2. The van der Waals surface area contributed by atoms with Crippen LogP contribution in [-0.2, 0) is 19.2 Å². The SMILES string of the molecule is [2H]C([2H])([2H])C1(C([2H])([2H])[2H])[C@@H]2[C@@H](C(=O)NC(CC3C([2H])([2H])C([2H])([2H])C3([2H])[2H])C(=O)C(N)=O)N(C(=O)[C@@H](NC(=O)NC(C)(C)C)C(C)(C)C)C[C@@H]21. The van der Waals surface area contributed by atoms with Crippen LogP contribution in [-0.4, -0.2) is 64.6 Å². The van der Waals surface area contributed by atoms with Gasteiger partial charge in [-0.1, -0.05) is 53.6 Å². The van der Waals surface area contributed by atoms with Crippen molar-refractivity contribution < 1.29 is 40.4 Å². The van der Waals surface area contributed by atoms with E-state index >= 15 is 0 Å². The van der Waals surface area contributed by atoms with Crippen LogP contribution in [0, 0.1) is 28.6 Å². The summed E-state index contributed by atoms with van der Waals surface area (Å²) in [5.74, 6) is -9.99. The summed E-state index contributed by atoms with van der Waals surface area (Å²) in [5, 5.41) is 7.39. The standard InChI is InChI=1S/C27H45N5O5/c1-25(2,3)20(30-24(37)31-26(4,5)6)23(36)32-13-15-17(27(15,7)8)18(32)22(35)29-16(19(33)21(28)34)12-14-10-9-11-14/h14-18,20H,9-13H2,1-8H3,(H2,28,34)(H,29,35)(H2,30,31,37)/t15-,16?,17-,18-,20+/m0/s1/i7D3,8D3,9D2,10D2,11D2. The van der Waals surface area contributed by atoms with Crippen molar-refractivity contribution in [2.75, 3.05) is 6.54 Å². The van der Waals surface area contributed by atoms with Gasteiger partial charge >= 0.3 is 6.03 Å². The van der Waals surface area contributed by atoms with Gasteiger partial charge in [-0.2, -0.15) is 0 Å². The highest BCUT2D eigenvalue weighted by Crippen LogP contribution is 2.65. The molecule has 208 valence electrons. The van der Waals surface area contributed by atoms with Crippen LogP contribution in [0.2, 0.25) is 0 Å². The number of fused-ring (bicyclic) bond motifs is 1. The zero-order valence-electron chi connectivity index (χ0n) is 33.9. The largest absolute Gasteiger partial charge is 0.363 e. The maximum Gasteiger partial charge on any atom is 0.315 e. The number of urea groups is 1. The fraction of sp³-hybridized carbons (Fsp3) is 0.815. The highest BCUT2D eigenvalue weighted by Gasteiger charge is 2.70. The van der Waals surface area contributed by atoms with E-state index in [0.717, 1.165) is 4.90 Å². The Morgan fingerprint density at radius 2 is 1.70 bits per heavy atom. The van der Waals surface area contributed by atoms with Crippen molar-refractivity contribution in [1.29, 1.82) is 0 Å². The molecular weight excluding hydrogens is 474 g/mol. The van der Waals surface area contributed by atoms with E-state index < -0.39 is 128 Å². The van der Waals surface area contributed by atoms with Crippen LogP contribution in [0.4, 0.5) is 4.79 Å². The number of Topliss-reactive ketones (excluding diaryl/α,β-unsaturated/α-hetero) is 1. The second-order valence-electron chi connectivity index (χ2n) is 12.1. The number of carbonyl (C=O) groups is 5. The van der Waals surface area contributed by atoms with Gasteiger partial charge in [0.2, 0.25) is 17.6 Å². The van der Waals surface area contributed by atoms with Gasteiger partial charge in [-0.3, -0.25) is 19.2 Å². The third kappa shape index (κ3) is 6.26. The minimum Gasteiger partial charge on any atom is -0.363 e. The van der Waals surface area contributed by atoms with E-state index in [1.165, 1.54) is 0 Å². The number of likely N-dealkylation sites (tertiary alicyclic amines) is 1. The second kappa shape index (κ2) is 9.91. The molecular formula is C27H45N5O5. The molecule has 3 rings (SSSR count). The van der Waals surface area contributed by atoms with Crippen molar-refractivity contribution in [3.63, 3.8) is 0 Å². The van der Waals surface area contributed by atoms with Crippen molar-refractivity contribution in [3.05, 3.63) is 0 Å². The molecule has 0 aromatic rings. The molecule has 0 bridgehead atoms. The molecule has 0 aromatic heterocycles. The lowest BCUT2D eigenvalue weighted by Gasteiger charge is -2.38. The number of amides is 5. The first-order valence-corrected chi connectivity index (χ1v) is 12.1. The topological polar surface area (TPSA) is 151 Å². The fourth-order valence-corrected chi connectivity index (χ4v) is 4.78. The molecule has 3 aliphatic rings. The van der Waals surface area contributed by atoms with E-state index in [4.69, 9.17) is 22.2 Å².